The number of aryl methyl sites for hydroxylation is 1. The van der Waals surface area contributed by atoms with Crippen LogP contribution in [0.25, 0.3) is 0 Å². The van der Waals surface area contributed by atoms with Gasteiger partial charge in [-0.25, -0.2) is 0 Å². The molecular formula is C18H27NO4. The van der Waals surface area contributed by atoms with Gasteiger partial charge < -0.3 is 15.2 Å². The summed E-state index contributed by atoms with van der Waals surface area (Å²) in [5, 5.41) is 11.5. The highest BCUT2D eigenvalue weighted by molar-refractivity contribution is 5.90. The summed E-state index contributed by atoms with van der Waals surface area (Å²) >= 11 is 0. The lowest BCUT2D eigenvalue weighted by Crippen LogP contribution is -2.18. The van der Waals surface area contributed by atoms with Crippen LogP contribution in [0.15, 0.2) is 24.3 Å². The highest BCUT2D eigenvalue weighted by Gasteiger charge is 2.08. The molecule has 23 heavy (non-hydrogen) atoms. The van der Waals surface area contributed by atoms with Crippen molar-refractivity contribution in [2.45, 2.75) is 52.6 Å². The Bertz CT molecular complexity index is 513. The van der Waals surface area contributed by atoms with Gasteiger partial charge >= 0.3 is 5.97 Å². The summed E-state index contributed by atoms with van der Waals surface area (Å²) in [7, 11) is 0. The molecule has 1 aromatic rings. The molecule has 0 radical (unpaired) electrons. The average molecular weight is 321 g/mol. The normalized spacial score (nSPS) is 12.2. The summed E-state index contributed by atoms with van der Waals surface area (Å²) < 4.78 is 5.62. The van der Waals surface area contributed by atoms with Gasteiger partial charge in [0.1, 0.15) is 0 Å². The number of hydrogen-bond acceptors (Lipinski definition) is 3. The predicted molar refractivity (Wildman–Crippen MR) is 90.5 cm³/mol. The van der Waals surface area contributed by atoms with Gasteiger partial charge in [0.2, 0.25) is 5.91 Å². The van der Waals surface area contributed by atoms with Crippen molar-refractivity contribution in [2.75, 3.05) is 11.9 Å². The highest BCUT2D eigenvalue weighted by Crippen LogP contribution is 2.13. The maximum Gasteiger partial charge on any atom is 0.303 e. The Morgan fingerprint density at radius 1 is 1.22 bits per heavy atom. The molecule has 2 N–H and O–H groups in total. The van der Waals surface area contributed by atoms with Crippen molar-refractivity contribution < 1.29 is 19.4 Å². The molecule has 0 aromatic heterocycles. The van der Waals surface area contributed by atoms with E-state index in [1.165, 1.54) is 0 Å². The Hall–Kier alpha value is -1.88. The summed E-state index contributed by atoms with van der Waals surface area (Å²) in [6.45, 7) is 6.70. The SMILES string of the molecule is CC(C)CC(C)OCCC(=O)Nc1cccc(CCC(=O)O)c1. The van der Waals surface area contributed by atoms with E-state index in [9.17, 15) is 9.59 Å². The van der Waals surface area contributed by atoms with E-state index in [4.69, 9.17) is 9.84 Å². The van der Waals surface area contributed by atoms with Crippen LogP contribution >= 0.6 is 0 Å². The molecule has 0 fully saturated rings. The molecule has 1 atom stereocenters. The zero-order valence-corrected chi connectivity index (χ0v) is 14.2. The lowest BCUT2D eigenvalue weighted by Gasteiger charge is -2.15. The van der Waals surface area contributed by atoms with Crippen LogP contribution in [0.1, 0.15) is 45.6 Å². The number of amides is 1. The molecule has 1 unspecified atom stereocenters. The van der Waals surface area contributed by atoms with E-state index in [0.717, 1.165) is 12.0 Å². The molecule has 0 saturated heterocycles. The van der Waals surface area contributed by atoms with Crippen molar-refractivity contribution in [1.82, 2.24) is 0 Å². The van der Waals surface area contributed by atoms with E-state index in [0.29, 0.717) is 31.1 Å². The maximum atomic E-state index is 11.9. The Morgan fingerprint density at radius 2 is 1.96 bits per heavy atom. The third kappa shape index (κ3) is 8.98. The second-order valence-corrected chi connectivity index (χ2v) is 6.20. The van der Waals surface area contributed by atoms with Crippen LogP contribution in [0.5, 0.6) is 0 Å². The van der Waals surface area contributed by atoms with Crippen LogP contribution in [-0.2, 0) is 20.7 Å². The molecule has 128 valence electrons. The van der Waals surface area contributed by atoms with Crippen molar-refractivity contribution in [2.24, 2.45) is 5.92 Å². The van der Waals surface area contributed by atoms with Crippen molar-refractivity contribution in [3.8, 4) is 0 Å². The molecule has 1 aromatic carbocycles. The molecule has 0 aliphatic rings. The monoisotopic (exact) mass is 321 g/mol. The van der Waals surface area contributed by atoms with E-state index in [-0.39, 0.29) is 18.4 Å². The fourth-order valence-corrected chi connectivity index (χ4v) is 2.36. The maximum absolute atomic E-state index is 11.9. The van der Waals surface area contributed by atoms with Crippen LogP contribution in [0, 0.1) is 5.92 Å². The minimum Gasteiger partial charge on any atom is -0.481 e. The first-order chi connectivity index (χ1) is 10.9. The minimum atomic E-state index is -0.827. The number of carbonyl (C=O) groups excluding carboxylic acids is 1. The zero-order valence-electron chi connectivity index (χ0n) is 14.2. The predicted octanol–water partition coefficient (Wildman–Crippen LogP) is 3.48. The number of nitrogens with one attached hydrogen (secondary N) is 1. The third-order valence-corrected chi connectivity index (χ3v) is 3.37. The van der Waals surface area contributed by atoms with Crippen molar-refractivity contribution in [3.05, 3.63) is 29.8 Å². The zero-order chi connectivity index (χ0) is 17.2. The van der Waals surface area contributed by atoms with Gasteiger partial charge in [0.15, 0.2) is 0 Å². The van der Waals surface area contributed by atoms with Gasteiger partial charge in [-0.15, -0.1) is 0 Å². The third-order valence-electron chi connectivity index (χ3n) is 3.37. The Kier molecular flexibility index (Phi) is 8.33. The Balaban J connectivity index is 2.36. The summed E-state index contributed by atoms with van der Waals surface area (Å²) in [5.41, 5.74) is 1.58. The van der Waals surface area contributed by atoms with Crippen molar-refractivity contribution >= 4 is 17.6 Å². The second-order valence-electron chi connectivity index (χ2n) is 6.20. The largest absolute Gasteiger partial charge is 0.481 e. The number of hydrogen-bond donors (Lipinski definition) is 2. The molecule has 5 heteroatoms. The topological polar surface area (TPSA) is 75.6 Å². The fourth-order valence-electron chi connectivity index (χ4n) is 2.36. The number of benzene rings is 1. The van der Waals surface area contributed by atoms with Crippen LogP contribution in [0.4, 0.5) is 5.69 Å². The molecule has 0 aliphatic carbocycles. The van der Waals surface area contributed by atoms with Gasteiger partial charge in [0, 0.05) is 12.1 Å². The van der Waals surface area contributed by atoms with Crippen LogP contribution in [0.3, 0.4) is 0 Å². The minimum absolute atomic E-state index is 0.0823. The summed E-state index contributed by atoms with van der Waals surface area (Å²) in [6.07, 6.45) is 1.98. The highest BCUT2D eigenvalue weighted by atomic mass is 16.5. The number of aliphatic carboxylic acids is 1. The summed E-state index contributed by atoms with van der Waals surface area (Å²) in [4.78, 5) is 22.5. The number of carbonyl (C=O) groups is 2. The van der Waals surface area contributed by atoms with E-state index < -0.39 is 5.97 Å². The number of ether oxygens (including phenoxy) is 1. The lowest BCUT2D eigenvalue weighted by molar-refractivity contribution is -0.137. The van der Waals surface area contributed by atoms with Gasteiger partial charge in [0.05, 0.1) is 19.1 Å². The molecule has 0 spiro atoms. The molecule has 0 aliphatic heterocycles. The van der Waals surface area contributed by atoms with Crippen LogP contribution in [0.2, 0.25) is 0 Å². The van der Waals surface area contributed by atoms with Gasteiger partial charge in [-0.3, -0.25) is 9.59 Å². The van der Waals surface area contributed by atoms with E-state index in [2.05, 4.69) is 19.2 Å². The number of carboxylic acid groups (broad SMARTS) is 1. The van der Waals surface area contributed by atoms with Gasteiger partial charge in [-0.2, -0.15) is 0 Å². The molecule has 1 amide bonds. The molecule has 0 heterocycles. The molecule has 0 saturated carbocycles. The first-order valence-electron chi connectivity index (χ1n) is 8.09. The average Bonchev–Trinajstić information content (AvgIpc) is 2.44. The number of carboxylic acids is 1. The van der Waals surface area contributed by atoms with E-state index >= 15 is 0 Å². The Morgan fingerprint density at radius 3 is 2.61 bits per heavy atom. The molecule has 1 rings (SSSR count). The molecule has 5 nitrogen and oxygen atoms in total. The Labute approximate surface area is 138 Å². The summed E-state index contributed by atoms with van der Waals surface area (Å²) in [6, 6.07) is 7.27. The fraction of sp³-hybridized carbons (Fsp3) is 0.556. The second kappa shape index (κ2) is 10.0. The van der Waals surface area contributed by atoms with Crippen molar-refractivity contribution in [3.63, 3.8) is 0 Å². The number of rotatable bonds is 10. The van der Waals surface area contributed by atoms with Crippen LogP contribution in [-0.4, -0.2) is 29.7 Å². The number of anilines is 1. The molecule has 0 bridgehead atoms. The van der Waals surface area contributed by atoms with E-state index in [1.807, 2.05) is 25.1 Å². The molecular weight excluding hydrogens is 294 g/mol. The van der Waals surface area contributed by atoms with Gasteiger partial charge in [-0.05, 0) is 43.4 Å². The van der Waals surface area contributed by atoms with E-state index in [1.54, 1.807) is 6.07 Å². The van der Waals surface area contributed by atoms with Gasteiger partial charge in [-0.1, -0.05) is 26.0 Å². The standard InChI is InChI=1S/C18H27NO4/c1-13(2)11-14(3)23-10-9-17(20)19-16-6-4-5-15(12-16)7-8-18(21)22/h4-6,12-14H,7-11H2,1-3H3,(H,19,20)(H,21,22). The first kappa shape index (κ1) is 19.2. The smallest absolute Gasteiger partial charge is 0.303 e. The summed E-state index contributed by atoms with van der Waals surface area (Å²) in [5.74, 6) is -0.350. The van der Waals surface area contributed by atoms with Gasteiger partial charge in [0.25, 0.3) is 0 Å². The lowest BCUT2D eigenvalue weighted by atomic mass is 10.1. The van der Waals surface area contributed by atoms with Crippen molar-refractivity contribution in [1.29, 1.82) is 0 Å². The van der Waals surface area contributed by atoms with Crippen LogP contribution < -0.4 is 5.32 Å². The first-order valence-corrected chi connectivity index (χ1v) is 8.09. The quantitative estimate of drug-likeness (QED) is 0.692.